The number of imidazole rings is 1. The van der Waals surface area contributed by atoms with Crippen LogP contribution < -0.4 is 4.72 Å². The van der Waals surface area contributed by atoms with E-state index >= 15 is 0 Å². The van der Waals surface area contributed by atoms with Crippen molar-refractivity contribution in [2.45, 2.75) is 13.0 Å². The molecule has 0 saturated carbocycles. The molecule has 6 nitrogen and oxygen atoms in total. The van der Waals surface area contributed by atoms with Gasteiger partial charge in [0.2, 0.25) is 10.0 Å². The third-order valence-electron chi connectivity index (χ3n) is 3.00. The number of fused-ring (bicyclic) bond motifs is 1. The third-order valence-corrected chi connectivity index (χ3v) is 3.91. The molecule has 21 heavy (non-hydrogen) atoms. The van der Waals surface area contributed by atoms with Gasteiger partial charge in [-0.3, -0.25) is 0 Å². The van der Waals surface area contributed by atoms with Crippen molar-refractivity contribution in [1.29, 1.82) is 5.26 Å². The average Bonchev–Trinajstić information content (AvgIpc) is 2.76. The lowest BCUT2D eigenvalue weighted by Crippen LogP contribution is -2.26. The summed E-state index contributed by atoms with van der Waals surface area (Å²) < 4.78 is 26.6. The summed E-state index contributed by atoms with van der Waals surface area (Å²) in [6, 6.07) is 7.47. The number of nitriles is 1. The summed E-state index contributed by atoms with van der Waals surface area (Å²) in [5.74, 6) is 1.16. The van der Waals surface area contributed by atoms with Gasteiger partial charge in [-0.25, -0.2) is 18.1 Å². The molecule has 1 aromatic heterocycles. The van der Waals surface area contributed by atoms with E-state index in [9.17, 15) is 8.42 Å². The van der Waals surface area contributed by atoms with Gasteiger partial charge in [-0.05, 0) is 12.1 Å². The van der Waals surface area contributed by atoms with Crippen molar-refractivity contribution < 1.29 is 8.42 Å². The molecule has 0 aliphatic rings. The number of halogens is 1. The van der Waals surface area contributed by atoms with Gasteiger partial charge < -0.3 is 4.57 Å². The van der Waals surface area contributed by atoms with E-state index in [1.807, 2.05) is 10.6 Å². The van der Waals surface area contributed by atoms with Crippen molar-refractivity contribution in [2.75, 3.05) is 18.7 Å². The van der Waals surface area contributed by atoms with Gasteiger partial charge in [0.05, 0.1) is 17.3 Å². The second-order valence-corrected chi connectivity index (χ2v) is 6.78. The van der Waals surface area contributed by atoms with Gasteiger partial charge in [-0.1, -0.05) is 6.07 Å². The van der Waals surface area contributed by atoms with Gasteiger partial charge in [0.15, 0.2) is 0 Å². The summed E-state index contributed by atoms with van der Waals surface area (Å²) >= 11 is 5.79. The highest BCUT2D eigenvalue weighted by molar-refractivity contribution is 7.88. The van der Waals surface area contributed by atoms with Gasteiger partial charge in [0.25, 0.3) is 0 Å². The fourth-order valence-electron chi connectivity index (χ4n) is 2.15. The van der Waals surface area contributed by atoms with Crippen molar-refractivity contribution in [3.8, 4) is 6.07 Å². The van der Waals surface area contributed by atoms with Crippen LogP contribution in [-0.4, -0.2) is 36.6 Å². The number of sulfonamides is 1. The van der Waals surface area contributed by atoms with Gasteiger partial charge in [0.1, 0.15) is 17.4 Å². The van der Waals surface area contributed by atoms with Crippen molar-refractivity contribution in [2.24, 2.45) is 0 Å². The molecule has 1 N–H and O–H groups in total. The molecule has 0 bridgehead atoms. The van der Waals surface area contributed by atoms with Gasteiger partial charge in [0, 0.05) is 25.4 Å². The molecule has 8 heteroatoms. The van der Waals surface area contributed by atoms with E-state index in [4.69, 9.17) is 16.9 Å². The minimum atomic E-state index is -3.23. The van der Waals surface area contributed by atoms with Gasteiger partial charge in [-0.2, -0.15) is 5.26 Å². The van der Waals surface area contributed by atoms with E-state index in [1.54, 1.807) is 12.1 Å². The number of aryl methyl sites for hydroxylation is 1. The maximum absolute atomic E-state index is 11.1. The lowest BCUT2D eigenvalue weighted by Gasteiger charge is -2.08. The Bertz CT molecular complexity index is 792. The van der Waals surface area contributed by atoms with E-state index in [0.29, 0.717) is 29.9 Å². The quantitative estimate of drug-likeness (QED) is 0.809. The van der Waals surface area contributed by atoms with Gasteiger partial charge in [-0.15, -0.1) is 11.6 Å². The first kappa shape index (κ1) is 15.8. The molecule has 0 spiro atoms. The van der Waals surface area contributed by atoms with Crippen LogP contribution in [0.1, 0.15) is 11.4 Å². The Morgan fingerprint density at radius 1 is 1.48 bits per heavy atom. The molecule has 0 fully saturated rings. The van der Waals surface area contributed by atoms with Crippen LogP contribution in [-0.2, 0) is 23.0 Å². The summed E-state index contributed by atoms with van der Waals surface area (Å²) in [6.45, 7) is 0.695. The molecule has 112 valence electrons. The Hall–Kier alpha value is -1.62. The highest BCUT2D eigenvalue weighted by Crippen LogP contribution is 2.20. The first-order chi connectivity index (χ1) is 9.96. The summed E-state index contributed by atoms with van der Waals surface area (Å²) in [7, 11) is -3.23. The van der Waals surface area contributed by atoms with Crippen LogP contribution in [0.25, 0.3) is 11.0 Å². The van der Waals surface area contributed by atoms with Crippen molar-refractivity contribution in [3.05, 3.63) is 29.6 Å². The zero-order chi connectivity index (χ0) is 15.5. The Kier molecular flexibility index (Phi) is 4.83. The maximum atomic E-state index is 11.1. The Morgan fingerprint density at radius 2 is 2.24 bits per heavy atom. The van der Waals surface area contributed by atoms with E-state index in [2.05, 4.69) is 15.8 Å². The summed E-state index contributed by atoms with van der Waals surface area (Å²) in [5, 5.41) is 9.13. The second kappa shape index (κ2) is 6.43. The molecule has 0 radical (unpaired) electrons. The number of nitrogens with zero attached hydrogens (tertiary/aromatic N) is 3. The monoisotopic (exact) mass is 326 g/mol. The molecule has 1 heterocycles. The molecule has 2 rings (SSSR count). The smallest absolute Gasteiger partial charge is 0.208 e. The number of hydrogen-bond acceptors (Lipinski definition) is 4. The molecule has 0 saturated heterocycles. The van der Waals surface area contributed by atoms with Crippen molar-refractivity contribution >= 4 is 32.7 Å². The zero-order valence-electron chi connectivity index (χ0n) is 11.5. The Labute approximate surface area is 128 Å². The Morgan fingerprint density at radius 3 is 2.86 bits per heavy atom. The predicted octanol–water partition coefficient (Wildman–Crippen LogP) is 1.24. The molecule has 0 amide bonds. The van der Waals surface area contributed by atoms with Crippen LogP contribution in [0, 0.1) is 11.3 Å². The van der Waals surface area contributed by atoms with Crippen LogP contribution in [0.5, 0.6) is 0 Å². The topological polar surface area (TPSA) is 87.8 Å². The number of para-hydroxylation sites is 1. The molecule has 1 aromatic carbocycles. The first-order valence-electron chi connectivity index (χ1n) is 6.35. The van der Waals surface area contributed by atoms with E-state index in [0.717, 1.165) is 17.6 Å². The minimum absolute atomic E-state index is 0.260. The molecular formula is C13H15ClN4O2S. The van der Waals surface area contributed by atoms with Crippen LogP contribution in [0.2, 0.25) is 0 Å². The van der Waals surface area contributed by atoms with E-state index < -0.39 is 10.0 Å². The first-order valence-corrected chi connectivity index (χ1v) is 8.77. The SMILES string of the molecule is CS(=O)(=O)NCCn1c(CCCl)nc2c(C#N)cccc21. The standard InChI is InChI=1S/C13H15ClN4O2S/c1-21(19,20)16-7-8-18-11-4-2-3-10(9-15)13(11)17-12(18)5-6-14/h2-4,16H,5-8H2,1H3. The lowest BCUT2D eigenvalue weighted by atomic mass is 10.2. The highest BCUT2D eigenvalue weighted by atomic mass is 35.5. The summed E-state index contributed by atoms with van der Waals surface area (Å²) in [6.07, 6.45) is 1.67. The fraction of sp³-hybridized carbons (Fsp3) is 0.385. The minimum Gasteiger partial charge on any atom is -0.327 e. The van der Waals surface area contributed by atoms with Crippen molar-refractivity contribution in [3.63, 3.8) is 0 Å². The normalized spacial score (nSPS) is 11.7. The number of benzene rings is 1. The number of hydrogen-bond donors (Lipinski definition) is 1. The number of nitrogens with one attached hydrogen (secondary N) is 1. The Balaban J connectivity index is 2.40. The molecule has 0 aliphatic heterocycles. The largest absolute Gasteiger partial charge is 0.327 e. The van der Waals surface area contributed by atoms with Gasteiger partial charge >= 0.3 is 0 Å². The van der Waals surface area contributed by atoms with Crippen LogP contribution in [0.3, 0.4) is 0 Å². The molecule has 0 unspecified atom stereocenters. The van der Waals surface area contributed by atoms with Crippen LogP contribution in [0.4, 0.5) is 0 Å². The summed E-state index contributed by atoms with van der Waals surface area (Å²) in [4.78, 5) is 4.47. The van der Waals surface area contributed by atoms with E-state index in [1.165, 1.54) is 0 Å². The molecule has 0 aliphatic carbocycles. The number of aromatic nitrogens is 2. The second-order valence-electron chi connectivity index (χ2n) is 4.57. The zero-order valence-corrected chi connectivity index (χ0v) is 13.1. The number of rotatable bonds is 6. The fourth-order valence-corrected chi connectivity index (χ4v) is 2.78. The lowest BCUT2D eigenvalue weighted by molar-refractivity contribution is 0.577. The highest BCUT2D eigenvalue weighted by Gasteiger charge is 2.13. The number of alkyl halides is 1. The predicted molar refractivity (Wildman–Crippen MR) is 81.7 cm³/mol. The third kappa shape index (κ3) is 3.73. The molecular weight excluding hydrogens is 312 g/mol. The summed E-state index contributed by atoms with van der Waals surface area (Å²) in [5.41, 5.74) is 1.93. The maximum Gasteiger partial charge on any atom is 0.208 e. The molecule has 0 atom stereocenters. The molecule has 2 aromatic rings. The van der Waals surface area contributed by atoms with Crippen LogP contribution >= 0.6 is 11.6 Å². The average molecular weight is 327 g/mol. The van der Waals surface area contributed by atoms with Crippen LogP contribution in [0.15, 0.2) is 18.2 Å². The van der Waals surface area contributed by atoms with Crippen molar-refractivity contribution in [1.82, 2.24) is 14.3 Å². The van der Waals surface area contributed by atoms with E-state index in [-0.39, 0.29) is 6.54 Å².